The van der Waals surface area contributed by atoms with Crippen LogP contribution in [0.4, 0.5) is 23.1 Å². The van der Waals surface area contributed by atoms with Crippen LogP contribution in [-0.4, -0.2) is 81.2 Å². The fourth-order valence-corrected chi connectivity index (χ4v) is 3.90. The molecule has 0 saturated carbocycles. The number of nitrogen functional groups attached to an aromatic ring is 1. The maximum absolute atomic E-state index is 12.7. The van der Waals surface area contributed by atoms with Crippen LogP contribution < -0.4 is 38.3 Å². The Hall–Kier alpha value is -5.19. The van der Waals surface area contributed by atoms with Gasteiger partial charge in [0.25, 0.3) is 11.5 Å². The number of nitrogens with zero attached hydrogens (tertiary/aromatic N) is 1. The van der Waals surface area contributed by atoms with Gasteiger partial charge >= 0.3 is 23.9 Å². The van der Waals surface area contributed by atoms with E-state index in [1.54, 1.807) is 12.1 Å². The van der Waals surface area contributed by atoms with Crippen LogP contribution in [-0.2, 0) is 23.9 Å². The molecule has 0 bridgehead atoms. The molecule has 1 aliphatic heterocycles. The smallest absolute Gasteiger partial charge is 0.326 e. The van der Waals surface area contributed by atoms with Crippen LogP contribution in [0.5, 0.6) is 0 Å². The molecular formula is C25H32N8O9. The number of anilines is 4. The predicted octanol–water partition coefficient (Wildman–Crippen LogP) is -0.859. The first kappa shape index (κ1) is 31.3. The second-order valence-electron chi connectivity index (χ2n) is 9.63. The average molecular weight is 589 g/mol. The van der Waals surface area contributed by atoms with E-state index in [1.165, 1.54) is 19.1 Å². The van der Waals surface area contributed by atoms with Gasteiger partial charge in [-0.25, -0.2) is 4.79 Å². The van der Waals surface area contributed by atoms with Gasteiger partial charge in [0, 0.05) is 30.8 Å². The fraction of sp³-hybridized carbons (Fsp3) is 0.400. The van der Waals surface area contributed by atoms with Gasteiger partial charge < -0.3 is 47.7 Å². The Morgan fingerprint density at radius 3 is 2.48 bits per heavy atom. The van der Waals surface area contributed by atoms with Crippen molar-refractivity contribution in [1.82, 2.24) is 15.3 Å². The maximum atomic E-state index is 12.7. The van der Waals surface area contributed by atoms with E-state index in [9.17, 15) is 33.9 Å². The monoisotopic (exact) mass is 588 g/mol. The summed E-state index contributed by atoms with van der Waals surface area (Å²) in [5.74, 6) is -6.13. The topological polar surface area (TPSA) is 281 Å². The van der Waals surface area contributed by atoms with Gasteiger partial charge in [-0.3, -0.25) is 29.0 Å². The molecule has 2 aromatic rings. The molecule has 2 heterocycles. The molecule has 1 aromatic heterocycles. The van der Waals surface area contributed by atoms with Crippen molar-refractivity contribution in [3.8, 4) is 0 Å². The summed E-state index contributed by atoms with van der Waals surface area (Å²) in [6.07, 6.45) is -1.02. The zero-order valence-electron chi connectivity index (χ0n) is 22.5. The highest BCUT2D eigenvalue weighted by molar-refractivity contribution is 5.97. The second-order valence-corrected chi connectivity index (χ2v) is 9.63. The highest BCUT2D eigenvalue weighted by Crippen LogP contribution is 2.20. The molecule has 0 spiro atoms. The third-order valence-electron chi connectivity index (χ3n) is 6.29. The van der Waals surface area contributed by atoms with Gasteiger partial charge in [-0.2, -0.15) is 4.98 Å². The first-order valence-corrected chi connectivity index (χ1v) is 12.8. The van der Waals surface area contributed by atoms with Crippen LogP contribution in [0.1, 0.15) is 36.5 Å². The van der Waals surface area contributed by atoms with E-state index >= 15 is 0 Å². The van der Waals surface area contributed by atoms with Gasteiger partial charge in [0.1, 0.15) is 17.8 Å². The molecule has 0 aliphatic carbocycles. The fourth-order valence-electron chi connectivity index (χ4n) is 3.90. The molecule has 17 nitrogen and oxygen atoms in total. The molecule has 0 radical (unpaired) electrons. The number of H-pyrrole nitrogens is 1. The van der Waals surface area contributed by atoms with E-state index in [2.05, 4.69) is 36.0 Å². The molecule has 0 fully saturated rings. The summed E-state index contributed by atoms with van der Waals surface area (Å²) in [7, 11) is 0. The van der Waals surface area contributed by atoms with Crippen LogP contribution in [0.2, 0.25) is 0 Å². The number of benzene rings is 1. The Balaban J connectivity index is 1.49. The van der Waals surface area contributed by atoms with Gasteiger partial charge in [0.15, 0.2) is 5.82 Å². The lowest BCUT2D eigenvalue weighted by Gasteiger charge is -2.27. The summed E-state index contributed by atoms with van der Waals surface area (Å²) in [4.78, 5) is 77.7. The number of carboxylic acids is 2. The van der Waals surface area contributed by atoms with Crippen molar-refractivity contribution in [3.63, 3.8) is 0 Å². The van der Waals surface area contributed by atoms with Crippen molar-refractivity contribution in [2.45, 2.75) is 44.3 Å². The number of nitrogens with one attached hydrogen (secondary N) is 5. The number of aromatic nitrogens is 2. The molecule has 1 amide bonds. The molecule has 0 saturated heterocycles. The average Bonchev–Trinajstić information content (AvgIpc) is 2.94. The van der Waals surface area contributed by atoms with Crippen molar-refractivity contribution in [2.24, 2.45) is 11.7 Å². The summed E-state index contributed by atoms with van der Waals surface area (Å²) >= 11 is 0. The standard InChI is InChI=1S/C25H32N8O9/c1-11(24(41)42-17(34)7-6-15(26)22(37)38)8-16(23(39)40)31-20(35)12-2-4-13(5-3-12)28-9-14-10-29-19-18(30-14)21(36)33-25(27)32-19/h2-5,11,14-16,28,30H,6-10,26H2,1H3,(H,31,35)(H,37,38)(H,39,40)(H4,27,29,32,33,36). The summed E-state index contributed by atoms with van der Waals surface area (Å²) in [6, 6.07) is 3.26. The molecule has 4 unspecified atom stereocenters. The molecule has 4 atom stereocenters. The lowest BCUT2D eigenvalue weighted by Crippen LogP contribution is -2.43. The highest BCUT2D eigenvalue weighted by Gasteiger charge is 2.28. The van der Waals surface area contributed by atoms with Crippen LogP contribution in [0, 0.1) is 5.92 Å². The van der Waals surface area contributed by atoms with E-state index in [1.807, 2.05) is 0 Å². The summed E-state index contributed by atoms with van der Waals surface area (Å²) < 4.78 is 4.65. The lowest BCUT2D eigenvalue weighted by molar-refractivity contribution is -0.162. The van der Waals surface area contributed by atoms with Crippen molar-refractivity contribution in [2.75, 3.05) is 34.8 Å². The number of amides is 1. The van der Waals surface area contributed by atoms with E-state index < -0.39 is 59.8 Å². The van der Waals surface area contributed by atoms with Crippen molar-refractivity contribution >= 4 is 52.9 Å². The minimum absolute atomic E-state index is 0.00428. The van der Waals surface area contributed by atoms with Crippen LogP contribution in [0.3, 0.4) is 0 Å². The number of carbonyl (C=O) groups is 5. The maximum Gasteiger partial charge on any atom is 0.326 e. The molecular weight excluding hydrogens is 556 g/mol. The number of ether oxygens (including phenoxy) is 1. The summed E-state index contributed by atoms with van der Waals surface area (Å²) in [5.41, 5.74) is 11.5. The number of aromatic amines is 1. The highest BCUT2D eigenvalue weighted by atomic mass is 16.6. The molecule has 3 rings (SSSR count). The molecule has 42 heavy (non-hydrogen) atoms. The zero-order chi connectivity index (χ0) is 31.0. The number of aliphatic carboxylic acids is 2. The molecule has 17 heteroatoms. The minimum Gasteiger partial charge on any atom is -0.480 e. The number of nitrogens with two attached hydrogens (primary N) is 2. The molecule has 11 N–H and O–H groups in total. The third kappa shape index (κ3) is 8.65. The van der Waals surface area contributed by atoms with E-state index in [0.717, 1.165) is 0 Å². The Labute approximate surface area is 238 Å². The molecule has 1 aliphatic rings. The number of esters is 2. The predicted molar refractivity (Wildman–Crippen MR) is 149 cm³/mol. The van der Waals surface area contributed by atoms with Crippen molar-refractivity contribution < 1.29 is 38.9 Å². The number of hydrogen-bond acceptors (Lipinski definition) is 13. The first-order valence-electron chi connectivity index (χ1n) is 12.8. The van der Waals surface area contributed by atoms with E-state index in [0.29, 0.717) is 24.6 Å². The number of carboxylic acid groups (broad SMARTS) is 2. The number of carbonyl (C=O) groups excluding carboxylic acids is 3. The van der Waals surface area contributed by atoms with Gasteiger partial charge in [0.05, 0.1) is 12.0 Å². The van der Waals surface area contributed by atoms with Gasteiger partial charge in [0.2, 0.25) is 5.95 Å². The van der Waals surface area contributed by atoms with E-state index in [4.69, 9.17) is 16.6 Å². The van der Waals surface area contributed by atoms with Crippen molar-refractivity contribution in [1.29, 1.82) is 0 Å². The number of fused-ring (bicyclic) bond motifs is 1. The van der Waals surface area contributed by atoms with Crippen molar-refractivity contribution in [3.05, 3.63) is 40.2 Å². The molecule has 226 valence electrons. The van der Waals surface area contributed by atoms with Gasteiger partial charge in [-0.15, -0.1) is 0 Å². The molecule has 1 aromatic carbocycles. The Morgan fingerprint density at radius 1 is 1.14 bits per heavy atom. The lowest BCUT2D eigenvalue weighted by atomic mass is 10.0. The van der Waals surface area contributed by atoms with Crippen LogP contribution >= 0.6 is 0 Å². The zero-order valence-corrected chi connectivity index (χ0v) is 22.5. The third-order valence-corrected chi connectivity index (χ3v) is 6.29. The second kappa shape index (κ2) is 13.9. The quantitative estimate of drug-likeness (QED) is 0.102. The van der Waals surface area contributed by atoms with Gasteiger partial charge in [-0.05, 0) is 37.1 Å². The Bertz CT molecular complexity index is 1400. The van der Waals surface area contributed by atoms with Gasteiger partial charge in [-0.1, -0.05) is 6.92 Å². The van der Waals surface area contributed by atoms with E-state index in [-0.39, 0.29) is 36.1 Å². The largest absolute Gasteiger partial charge is 0.480 e. The Morgan fingerprint density at radius 2 is 1.83 bits per heavy atom. The SMILES string of the molecule is CC(CC(NC(=O)c1ccc(NCC2CNc3nc(N)[nH]c(=O)c3N2)cc1)C(=O)O)C(=O)OC(=O)CCC(N)C(=O)O. The number of hydrogen-bond donors (Lipinski definition) is 9. The summed E-state index contributed by atoms with van der Waals surface area (Å²) in [5, 5.41) is 29.9. The number of rotatable bonds is 13. The first-order chi connectivity index (χ1) is 19.8. The Kier molecular flexibility index (Phi) is 10.4. The summed E-state index contributed by atoms with van der Waals surface area (Å²) in [6.45, 7) is 2.20. The van der Waals surface area contributed by atoms with Crippen LogP contribution in [0.15, 0.2) is 29.1 Å². The normalized spacial score (nSPS) is 15.9. The van der Waals surface area contributed by atoms with Crippen LogP contribution in [0.25, 0.3) is 0 Å². The minimum atomic E-state index is -1.46.